The largest absolute Gasteiger partial charge is 0.382 e. The number of nitrogen functional groups attached to an aromatic ring is 4. The number of aryl methyl sites for hydroxylation is 4. The molecule has 12 N–H and O–H groups in total. The van der Waals surface area contributed by atoms with Crippen molar-refractivity contribution in [2.45, 2.75) is 113 Å². The number of hydrogen-bond acceptors (Lipinski definition) is 25. The number of piperazine rings is 1. The van der Waals surface area contributed by atoms with E-state index < -0.39 is 40.1 Å². The first kappa shape index (κ1) is 103. The maximum absolute atomic E-state index is 13.0. The van der Waals surface area contributed by atoms with Gasteiger partial charge in [0.15, 0.2) is 45.9 Å². The van der Waals surface area contributed by atoms with Crippen molar-refractivity contribution < 1.29 is 33.7 Å². The van der Waals surface area contributed by atoms with E-state index in [1.165, 1.54) is 0 Å². The average molecular weight is 2010 g/mol. The third kappa shape index (κ3) is 24.4. The minimum Gasteiger partial charge on any atom is -0.382 e. The van der Waals surface area contributed by atoms with Crippen LogP contribution >= 0.6 is 23.2 Å². The second-order valence-electron chi connectivity index (χ2n) is 35.2. The van der Waals surface area contributed by atoms with Gasteiger partial charge in [-0.05, 0) is 258 Å². The highest BCUT2D eigenvalue weighted by molar-refractivity contribution is 7.93. The number of nitrogens with zero attached hydrogens (tertiary/aromatic N) is 17. The highest BCUT2D eigenvalue weighted by atomic mass is 35.5. The van der Waals surface area contributed by atoms with Crippen molar-refractivity contribution in [2.75, 3.05) is 143 Å². The molecule has 16 aromatic rings. The molecule has 9 heterocycles. The Hall–Kier alpha value is -13.2. The first-order valence-corrected chi connectivity index (χ1v) is 52.6. The molecule has 8 aromatic heterocycles. The molecule has 0 amide bonds. The van der Waals surface area contributed by atoms with Gasteiger partial charge in [-0.3, -0.25) is 23.8 Å². The molecular weight excluding hydrogens is 1890 g/mol. The van der Waals surface area contributed by atoms with Crippen molar-refractivity contribution >= 4 is 153 Å². The Balaban J connectivity index is 0.000000149. The predicted octanol–water partition coefficient (Wildman–Crippen LogP) is 16.6. The summed E-state index contributed by atoms with van der Waals surface area (Å²) in [5.74, 6) is 1.91. The molecule has 734 valence electrons. The molecule has 0 unspecified atom stereocenters. The molecule has 1 aliphatic rings. The Morgan fingerprint density at radius 3 is 1.19 bits per heavy atom. The van der Waals surface area contributed by atoms with Gasteiger partial charge in [0.2, 0.25) is 0 Å². The van der Waals surface area contributed by atoms with Gasteiger partial charge in [0.1, 0.15) is 9.79 Å². The molecule has 0 bridgehead atoms. The second kappa shape index (κ2) is 44.5. The molecule has 1 fully saturated rings. The Morgan fingerprint density at radius 1 is 0.393 bits per heavy atom. The lowest BCUT2D eigenvalue weighted by Crippen LogP contribution is -2.45. The highest BCUT2D eigenvalue weighted by Gasteiger charge is 2.28. The molecule has 0 spiro atoms. The van der Waals surface area contributed by atoms with Crippen LogP contribution in [0.15, 0.2) is 244 Å². The van der Waals surface area contributed by atoms with Gasteiger partial charge < -0.3 is 42.5 Å². The lowest BCUT2D eigenvalue weighted by atomic mass is 9.99. The molecule has 1 aliphatic heterocycles. The van der Waals surface area contributed by atoms with Crippen LogP contribution in [-0.2, 0) is 72.7 Å². The number of halogens is 2. The summed E-state index contributed by atoms with van der Waals surface area (Å²) in [6, 6.07) is 61.8. The Labute approximate surface area is 828 Å². The zero-order chi connectivity index (χ0) is 100. The van der Waals surface area contributed by atoms with Crippen molar-refractivity contribution in [1.82, 2.24) is 83.6 Å². The smallest absolute Gasteiger partial charge is 0.263 e. The molecule has 0 radical (unpaired) electrons. The zero-order valence-corrected chi connectivity index (χ0v) is 85.4. The van der Waals surface area contributed by atoms with Crippen molar-refractivity contribution in [3.63, 3.8) is 0 Å². The normalized spacial score (nSPS) is 12.8. The topological polar surface area (TPSA) is 428 Å². The number of hydrogen-bond donors (Lipinski definition) is 8. The number of aromatic nitrogens is 12. The van der Waals surface area contributed by atoms with E-state index in [1.807, 2.05) is 160 Å². The molecular formula is C101H119Cl2N25O8S4. The number of nitrogens with one attached hydrogen (secondary N) is 4. The first-order valence-electron chi connectivity index (χ1n) is 45.9. The zero-order valence-electron chi connectivity index (χ0n) is 80.6. The van der Waals surface area contributed by atoms with Crippen molar-refractivity contribution in [1.29, 1.82) is 0 Å². The number of nitrogens with two attached hydrogens (primary N) is 4. The predicted molar refractivity (Wildman–Crippen MR) is 565 cm³/mol. The fourth-order valence-electron chi connectivity index (χ4n) is 16.3. The lowest BCUT2D eigenvalue weighted by Gasteiger charge is -2.32. The van der Waals surface area contributed by atoms with Gasteiger partial charge in [0.25, 0.3) is 40.1 Å². The van der Waals surface area contributed by atoms with Gasteiger partial charge >= 0.3 is 0 Å². The highest BCUT2D eigenvalue weighted by Crippen LogP contribution is 2.40. The Morgan fingerprint density at radius 2 is 0.764 bits per heavy atom. The van der Waals surface area contributed by atoms with Crippen LogP contribution in [0.1, 0.15) is 68.6 Å². The van der Waals surface area contributed by atoms with Crippen molar-refractivity contribution in [2.24, 2.45) is 0 Å². The first-order chi connectivity index (χ1) is 66.8. The van der Waals surface area contributed by atoms with Crippen molar-refractivity contribution in [3.8, 4) is 44.5 Å². The summed E-state index contributed by atoms with van der Waals surface area (Å²) in [5.41, 5.74) is 41.5. The summed E-state index contributed by atoms with van der Waals surface area (Å²) >= 11 is 12.3. The monoisotopic (exact) mass is 2010 g/mol. The summed E-state index contributed by atoms with van der Waals surface area (Å²) in [6.07, 6.45) is 4.12. The minimum absolute atomic E-state index is 0.0435. The fourth-order valence-corrected chi connectivity index (χ4v) is 22.1. The van der Waals surface area contributed by atoms with Crippen LogP contribution < -0.4 is 41.8 Å². The van der Waals surface area contributed by atoms with Crippen molar-refractivity contribution in [3.05, 3.63) is 263 Å². The molecule has 0 atom stereocenters. The summed E-state index contributed by atoms with van der Waals surface area (Å²) in [4.78, 5) is 30.5. The van der Waals surface area contributed by atoms with Crippen LogP contribution in [0.2, 0.25) is 10.0 Å². The average Bonchev–Trinajstić information content (AvgIpc) is 1.61. The van der Waals surface area contributed by atoms with Gasteiger partial charge in [0, 0.05) is 98.9 Å². The summed E-state index contributed by atoms with van der Waals surface area (Å²) in [6.45, 7) is 28.3. The fraction of sp³-hybridized carbons (Fsp3) is 0.287. The molecule has 39 heteroatoms. The van der Waals surface area contributed by atoms with Gasteiger partial charge in [-0.2, -0.15) is 20.4 Å². The van der Waals surface area contributed by atoms with Crippen LogP contribution in [0.5, 0.6) is 0 Å². The van der Waals surface area contributed by atoms with E-state index in [1.54, 1.807) is 140 Å². The summed E-state index contributed by atoms with van der Waals surface area (Å²) in [5, 5.41) is 21.7. The van der Waals surface area contributed by atoms with Crippen LogP contribution in [-0.4, -0.2) is 218 Å². The third-order valence-corrected chi connectivity index (χ3v) is 30.6. The number of sulfonamides is 4. The van der Waals surface area contributed by atoms with E-state index in [2.05, 4.69) is 108 Å². The third-order valence-electron chi connectivity index (χ3n) is 24.0. The van der Waals surface area contributed by atoms with Crippen LogP contribution in [0.4, 0.5) is 46.0 Å². The molecule has 1 saturated heterocycles. The SMILES string of the molecule is CCc1ccccc1S(=O)(=O)Nc1ccc(-c2cc(C)nc3c2c(N)nn3CCN(CC)CC)cc1.CN1CCN(CCn2nc(N)c3c(-c4ccc(NS(=O)(=O)c5ccccc5)cc4)ccnc32)CC1.Cc1ccc(Cl)c(S(=O)(=O)Nc2ccc(-c3cc(C(C)C)nc4c3c(N)nn4CCN(C)C)cc2)c1.Cc1ccc(Cl)c(S(=O)(=O)Nc2ccc(-c3ccnc4c3c(N)nn4CCN(C)C)cc2)c1. The number of fused-ring (bicyclic) bond motifs is 4. The van der Waals surface area contributed by atoms with Crippen LogP contribution in [0.3, 0.4) is 0 Å². The summed E-state index contributed by atoms with van der Waals surface area (Å²) < 4.78 is 121. The molecule has 0 saturated carbocycles. The molecule has 8 aromatic carbocycles. The number of benzene rings is 8. The van der Waals surface area contributed by atoms with E-state index >= 15 is 0 Å². The van der Waals surface area contributed by atoms with E-state index in [9.17, 15) is 33.7 Å². The molecule has 33 nitrogen and oxygen atoms in total. The van der Waals surface area contributed by atoms with E-state index in [4.69, 9.17) is 56.1 Å². The number of anilines is 8. The van der Waals surface area contributed by atoms with Gasteiger partial charge in [-0.25, -0.2) is 72.3 Å². The number of pyridine rings is 4. The van der Waals surface area contributed by atoms with Gasteiger partial charge in [0.05, 0.1) is 67.6 Å². The molecule has 17 rings (SSSR count). The quantitative estimate of drug-likeness (QED) is 0.0194. The maximum atomic E-state index is 13.0. The standard InChI is InChI=1S/C27H34N6O2S.C26H31ClN6O2S.C25H29N7O2S.C23H25ClN6O2S/c1-5-20-10-8-9-11-24(20)36(34,35)31-22-14-12-21(13-15-22)23-18-19(4)29-27-25(23)26(28)30-33(27)17-16-32(6-2)7-3;1-16(2)22-15-20(24-25(28)30-33(26(24)29-22)13-12-32(4)5)18-7-9-19(10-8-18)31-36(34,35)23-14-17(3)6-11-21(23)27;1-30-13-15-31(16-14-30)17-18-32-25-23(24(26)28-32)22(11-12-27-25)19-7-9-20(10-8-19)29-35(33,34)21-5-3-2-4-6-21;1-15-4-9-19(24)20(14-15)33(31,32)28-17-7-5-16(6-8-17)18-10-11-26-23-21(18)22(25)27-30(23)13-12-29(2)3/h8-15,18,31H,5-7,16-17H2,1-4H3,(H2,28,30);6-11,14-16,31H,12-13H2,1-5H3,(H2,28,30);2-12,29H,13-18H2,1H3,(H2,26,28);4-11,14,28H,12-13H2,1-3H3,(H2,25,27). The molecule has 0 aliphatic carbocycles. The van der Waals surface area contributed by atoms with Gasteiger partial charge in [-0.15, -0.1) is 0 Å². The van der Waals surface area contributed by atoms with E-state index in [0.29, 0.717) is 89.2 Å². The lowest BCUT2D eigenvalue weighted by molar-refractivity contribution is 0.149. The second-order valence-corrected chi connectivity index (χ2v) is 42.6. The van der Waals surface area contributed by atoms with Gasteiger partial charge in [-0.1, -0.05) is 155 Å². The maximum Gasteiger partial charge on any atom is 0.263 e. The number of likely N-dealkylation sites (N-methyl/N-ethyl adjacent to an activating group) is 4. The van der Waals surface area contributed by atoms with Crippen LogP contribution in [0.25, 0.3) is 88.6 Å². The summed E-state index contributed by atoms with van der Waals surface area (Å²) in [7, 11) is -4.85. The van der Waals surface area contributed by atoms with E-state index in [0.717, 1.165) is 177 Å². The van der Waals surface area contributed by atoms with Crippen LogP contribution in [0, 0.1) is 20.8 Å². The van der Waals surface area contributed by atoms with E-state index in [-0.39, 0.29) is 30.6 Å². The molecule has 140 heavy (non-hydrogen) atoms. The Kier molecular flexibility index (Phi) is 32.7. The number of rotatable bonds is 32. The Bertz CT molecular complexity index is 7590. The minimum atomic E-state index is -3.84.